The molecule has 2 fully saturated rings. The van der Waals surface area contributed by atoms with Gasteiger partial charge in [-0.3, -0.25) is 14.9 Å². The third-order valence-corrected chi connectivity index (χ3v) is 5.66. The topological polar surface area (TPSA) is 71.2 Å². The van der Waals surface area contributed by atoms with Crippen molar-refractivity contribution in [3.05, 3.63) is 40.7 Å². The highest BCUT2D eigenvalue weighted by Crippen LogP contribution is 2.38. The average molecular weight is 429 g/mol. The second-order valence-corrected chi connectivity index (χ2v) is 8.21. The van der Waals surface area contributed by atoms with Gasteiger partial charge in [0.25, 0.3) is 0 Å². The minimum Gasteiger partial charge on any atom is -0.368 e. The number of hydrogen-bond donors (Lipinski definition) is 0. The molecule has 140 valence electrons. The van der Waals surface area contributed by atoms with Crippen LogP contribution in [0.25, 0.3) is 11.0 Å². The Kier molecular flexibility index (Phi) is 4.53. The quantitative estimate of drug-likeness (QED) is 0.630. The third-order valence-electron chi connectivity index (χ3n) is 5.23. The lowest BCUT2D eigenvalue weighted by molar-refractivity contribution is 0.271. The molecule has 27 heavy (non-hydrogen) atoms. The second kappa shape index (κ2) is 7.16. The summed E-state index contributed by atoms with van der Waals surface area (Å²) in [4.78, 5) is 18.5. The van der Waals surface area contributed by atoms with E-state index in [-0.39, 0.29) is 0 Å². The summed E-state index contributed by atoms with van der Waals surface area (Å²) in [7, 11) is 0. The van der Waals surface area contributed by atoms with E-state index in [1.165, 1.54) is 12.8 Å². The molecule has 2 aliphatic rings. The molecule has 0 radical (unpaired) electrons. The van der Waals surface area contributed by atoms with Crippen LogP contribution >= 0.6 is 15.9 Å². The molecule has 4 heterocycles. The van der Waals surface area contributed by atoms with Crippen LogP contribution in [0.3, 0.4) is 0 Å². The van der Waals surface area contributed by atoms with Crippen LogP contribution in [0.4, 0.5) is 5.69 Å². The number of rotatable bonds is 4. The molecule has 0 N–H and O–H groups in total. The maximum atomic E-state index is 5.39. The summed E-state index contributed by atoms with van der Waals surface area (Å²) in [6.07, 6.45) is 7.17. The van der Waals surface area contributed by atoms with Crippen LogP contribution in [0.5, 0.6) is 0 Å². The summed E-state index contributed by atoms with van der Waals surface area (Å²) in [5.41, 5.74) is 3.04. The first-order valence-electron chi connectivity index (χ1n) is 9.46. The smallest absolute Gasteiger partial charge is 0.229 e. The van der Waals surface area contributed by atoms with Gasteiger partial charge in [-0.1, -0.05) is 5.16 Å². The van der Waals surface area contributed by atoms with Crippen molar-refractivity contribution in [1.29, 1.82) is 0 Å². The Labute approximate surface area is 165 Å². The van der Waals surface area contributed by atoms with Crippen LogP contribution in [0, 0.1) is 0 Å². The van der Waals surface area contributed by atoms with Gasteiger partial charge in [0.15, 0.2) is 5.82 Å². The monoisotopic (exact) mass is 428 g/mol. The number of halogens is 1. The number of nitrogens with zero attached hydrogens (tertiary/aromatic N) is 6. The Balaban J connectivity index is 1.29. The van der Waals surface area contributed by atoms with Gasteiger partial charge < -0.3 is 9.42 Å². The molecule has 0 amide bonds. The fraction of sp³-hybridized carbons (Fsp3) is 0.474. The molecule has 0 spiro atoms. The molecular formula is C19H21BrN6O. The van der Waals surface area contributed by atoms with Crippen LogP contribution in [-0.2, 0) is 6.54 Å². The van der Waals surface area contributed by atoms with Crippen LogP contribution in [0.1, 0.15) is 36.9 Å². The van der Waals surface area contributed by atoms with Gasteiger partial charge in [-0.15, -0.1) is 0 Å². The molecular weight excluding hydrogens is 408 g/mol. The van der Waals surface area contributed by atoms with Gasteiger partial charge in [-0.05, 0) is 47.3 Å². The van der Waals surface area contributed by atoms with E-state index in [0.29, 0.717) is 5.92 Å². The van der Waals surface area contributed by atoms with Gasteiger partial charge in [0.05, 0.1) is 17.7 Å². The zero-order chi connectivity index (χ0) is 18.2. The summed E-state index contributed by atoms with van der Waals surface area (Å²) in [6.45, 7) is 4.71. The molecule has 8 heteroatoms. The summed E-state index contributed by atoms with van der Waals surface area (Å²) in [5.74, 6) is 2.14. The van der Waals surface area contributed by atoms with Crippen molar-refractivity contribution in [2.45, 2.75) is 31.7 Å². The Morgan fingerprint density at radius 2 is 2.07 bits per heavy atom. The van der Waals surface area contributed by atoms with Crippen LogP contribution in [0.15, 0.2) is 33.5 Å². The summed E-state index contributed by atoms with van der Waals surface area (Å²) >= 11 is 3.48. The van der Waals surface area contributed by atoms with Gasteiger partial charge in [0.1, 0.15) is 5.52 Å². The number of hydrogen-bond acceptors (Lipinski definition) is 7. The molecule has 1 saturated carbocycles. The highest BCUT2D eigenvalue weighted by molar-refractivity contribution is 9.10. The average Bonchev–Trinajstić information content (AvgIpc) is 3.46. The minimum absolute atomic E-state index is 0.512. The number of pyridine rings is 2. The molecule has 1 aliphatic heterocycles. The van der Waals surface area contributed by atoms with E-state index in [1.54, 1.807) is 0 Å². The van der Waals surface area contributed by atoms with Crippen molar-refractivity contribution in [2.24, 2.45) is 0 Å². The van der Waals surface area contributed by atoms with Crippen LogP contribution < -0.4 is 4.90 Å². The maximum Gasteiger partial charge on any atom is 0.229 e. The molecule has 0 aromatic carbocycles. The summed E-state index contributed by atoms with van der Waals surface area (Å²) < 4.78 is 6.34. The Bertz CT molecular complexity index is 956. The van der Waals surface area contributed by atoms with Crippen molar-refractivity contribution in [2.75, 3.05) is 31.1 Å². The standard InChI is InChI=1S/C19H21BrN6O/c20-14-10-15-18(22-11-14)16(4-5-21-15)26-7-1-6-25(8-9-26)12-17-23-19(27-24-17)13-2-3-13/h4-5,10-11,13H,1-3,6-9,12H2. The number of aromatic nitrogens is 4. The normalized spacial score (nSPS) is 18.8. The summed E-state index contributed by atoms with van der Waals surface area (Å²) in [5, 5.41) is 4.16. The molecule has 0 bridgehead atoms. The fourth-order valence-corrected chi connectivity index (χ4v) is 3.96. The van der Waals surface area contributed by atoms with Crippen molar-refractivity contribution in [1.82, 2.24) is 25.0 Å². The Morgan fingerprint density at radius 3 is 2.96 bits per heavy atom. The van der Waals surface area contributed by atoms with Gasteiger partial charge in [-0.25, -0.2) is 0 Å². The second-order valence-electron chi connectivity index (χ2n) is 7.29. The van der Waals surface area contributed by atoms with E-state index in [9.17, 15) is 0 Å². The van der Waals surface area contributed by atoms with E-state index in [2.05, 4.69) is 51.9 Å². The minimum atomic E-state index is 0.512. The van der Waals surface area contributed by atoms with Gasteiger partial charge in [0.2, 0.25) is 5.89 Å². The van der Waals surface area contributed by atoms with Gasteiger partial charge in [-0.2, -0.15) is 4.98 Å². The van der Waals surface area contributed by atoms with E-state index >= 15 is 0 Å². The predicted octanol–water partition coefficient (Wildman–Crippen LogP) is 3.37. The molecule has 0 atom stereocenters. The van der Waals surface area contributed by atoms with Gasteiger partial charge in [0, 0.05) is 49.0 Å². The lowest BCUT2D eigenvalue weighted by Crippen LogP contribution is -2.31. The highest BCUT2D eigenvalue weighted by Gasteiger charge is 2.30. The van der Waals surface area contributed by atoms with Crippen molar-refractivity contribution >= 4 is 32.7 Å². The lowest BCUT2D eigenvalue weighted by Gasteiger charge is -2.24. The first kappa shape index (κ1) is 17.1. The molecule has 7 nitrogen and oxygen atoms in total. The molecule has 3 aromatic rings. The first-order chi connectivity index (χ1) is 13.3. The number of fused-ring (bicyclic) bond motifs is 1. The van der Waals surface area contributed by atoms with Crippen LogP contribution in [0.2, 0.25) is 0 Å². The molecule has 0 unspecified atom stereocenters. The molecule has 5 rings (SSSR count). The summed E-state index contributed by atoms with van der Waals surface area (Å²) in [6, 6.07) is 4.09. The zero-order valence-electron chi connectivity index (χ0n) is 15.0. The van der Waals surface area contributed by atoms with Crippen molar-refractivity contribution < 1.29 is 4.52 Å². The van der Waals surface area contributed by atoms with E-state index in [0.717, 1.165) is 72.1 Å². The van der Waals surface area contributed by atoms with E-state index in [4.69, 9.17) is 4.52 Å². The lowest BCUT2D eigenvalue weighted by atomic mass is 10.2. The van der Waals surface area contributed by atoms with Crippen LogP contribution in [-0.4, -0.2) is 51.2 Å². The van der Waals surface area contributed by atoms with Crippen molar-refractivity contribution in [3.63, 3.8) is 0 Å². The number of anilines is 1. The van der Waals surface area contributed by atoms with E-state index in [1.807, 2.05) is 18.5 Å². The molecule has 1 aliphatic carbocycles. The predicted molar refractivity (Wildman–Crippen MR) is 106 cm³/mol. The first-order valence-corrected chi connectivity index (χ1v) is 10.3. The van der Waals surface area contributed by atoms with Crippen molar-refractivity contribution in [3.8, 4) is 0 Å². The zero-order valence-corrected chi connectivity index (χ0v) is 16.6. The third kappa shape index (κ3) is 3.68. The largest absolute Gasteiger partial charge is 0.368 e. The van der Waals surface area contributed by atoms with Gasteiger partial charge >= 0.3 is 0 Å². The molecule has 3 aromatic heterocycles. The SMILES string of the molecule is Brc1cnc2c(N3CCCN(Cc4noc(C5CC5)n4)CC3)ccnc2c1. The Morgan fingerprint density at radius 1 is 1.15 bits per heavy atom. The highest BCUT2D eigenvalue weighted by atomic mass is 79.9. The molecule has 1 saturated heterocycles. The fourth-order valence-electron chi connectivity index (χ4n) is 3.64. The Hall–Kier alpha value is -2.06. The van der Waals surface area contributed by atoms with E-state index < -0.39 is 0 Å². The maximum absolute atomic E-state index is 5.39.